The number of hydrogen-bond donors (Lipinski definition) is 1. The summed E-state index contributed by atoms with van der Waals surface area (Å²) in [6.07, 6.45) is 6.27. The molecule has 1 fully saturated rings. The van der Waals surface area contributed by atoms with Gasteiger partial charge in [-0.2, -0.15) is 0 Å². The van der Waals surface area contributed by atoms with Crippen molar-refractivity contribution in [1.82, 2.24) is 0 Å². The van der Waals surface area contributed by atoms with Gasteiger partial charge in [-0.1, -0.05) is 25.5 Å². The van der Waals surface area contributed by atoms with Crippen LogP contribution in [0.2, 0.25) is 0 Å². The van der Waals surface area contributed by atoms with Crippen LogP contribution in [-0.2, 0) is 0 Å². The van der Waals surface area contributed by atoms with Gasteiger partial charge in [-0.25, -0.2) is 0 Å². The zero-order valence-electron chi connectivity index (χ0n) is 10.9. The Morgan fingerprint density at radius 1 is 1.12 bits per heavy atom. The summed E-state index contributed by atoms with van der Waals surface area (Å²) in [5.41, 5.74) is 8.75. The average molecular weight is 232 g/mol. The van der Waals surface area contributed by atoms with Crippen LogP contribution in [0.25, 0.3) is 0 Å². The lowest BCUT2D eigenvalue weighted by molar-refractivity contribution is 0.577. The Morgan fingerprint density at radius 2 is 1.76 bits per heavy atom. The molecule has 2 N–H and O–H groups in total. The second-order valence-corrected chi connectivity index (χ2v) is 5.03. The first-order valence-corrected chi connectivity index (χ1v) is 6.91. The second kappa shape index (κ2) is 6.06. The molecule has 0 amide bonds. The number of nitrogens with zero attached hydrogens (tertiary/aromatic N) is 1. The zero-order chi connectivity index (χ0) is 12.1. The quantitative estimate of drug-likeness (QED) is 0.861. The topological polar surface area (TPSA) is 29.3 Å². The maximum Gasteiger partial charge on any atom is 0.0366 e. The van der Waals surface area contributed by atoms with Crippen molar-refractivity contribution in [2.24, 2.45) is 5.73 Å². The fraction of sp³-hybridized carbons (Fsp3) is 0.600. The monoisotopic (exact) mass is 232 g/mol. The average Bonchev–Trinajstić information content (AvgIpc) is 2.40. The first-order valence-electron chi connectivity index (χ1n) is 6.91. The van der Waals surface area contributed by atoms with E-state index in [0.29, 0.717) is 0 Å². The van der Waals surface area contributed by atoms with Crippen molar-refractivity contribution in [2.45, 2.75) is 45.1 Å². The van der Waals surface area contributed by atoms with Gasteiger partial charge < -0.3 is 10.6 Å². The molecule has 0 aliphatic carbocycles. The predicted molar refractivity (Wildman–Crippen MR) is 74.3 cm³/mol. The van der Waals surface area contributed by atoms with Crippen molar-refractivity contribution in [2.75, 3.05) is 18.0 Å². The molecule has 94 valence electrons. The molecular weight excluding hydrogens is 208 g/mol. The number of benzene rings is 1. The number of rotatable bonds is 4. The van der Waals surface area contributed by atoms with E-state index < -0.39 is 0 Å². The van der Waals surface area contributed by atoms with Crippen molar-refractivity contribution in [3.63, 3.8) is 0 Å². The summed E-state index contributed by atoms with van der Waals surface area (Å²) in [4.78, 5) is 2.48. The third-order valence-corrected chi connectivity index (χ3v) is 3.64. The molecule has 1 saturated heterocycles. The molecule has 0 radical (unpaired) electrons. The summed E-state index contributed by atoms with van der Waals surface area (Å²) >= 11 is 0. The van der Waals surface area contributed by atoms with E-state index in [0.717, 1.165) is 12.8 Å². The van der Waals surface area contributed by atoms with Crippen LogP contribution in [0.3, 0.4) is 0 Å². The van der Waals surface area contributed by atoms with E-state index in [1.165, 1.54) is 43.6 Å². The molecule has 1 aliphatic heterocycles. The Morgan fingerprint density at radius 3 is 2.35 bits per heavy atom. The van der Waals surface area contributed by atoms with Crippen molar-refractivity contribution in [3.8, 4) is 0 Å². The standard InChI is InChI=1S/C15H24N2/c1-2-6-15(16)13-7-9-14(10-8-13)17-11-4-3-5-12-17/h7-10,15H,2-6,11-12,16H2,1H3/t15-/m1/s1. The summed E-state index contributed by atoms with van der Waals surface area (Å²) in [5.74, 6) is 0. The van der Waals surface area contributed by atoms with Crippen LogP contribution in [0.5, 0.6) is 0 Å². The molecule has 2 heteroatoms. The molecule has 1 aromatic rings. The Kier molecular flexibility index (Phi) is 4.43. The Bertz CT molecular complexity index is 325. The molecule has 2 nitrogen and oxygen atoms in total. The lowest BCUT2D eigenvalue weighted by atomic mass is 10.0. The van der Waals surface area contributed by atoms with Crippen LogP contribution in [0.15, 0.2) is 24.3 Å². The van der Waals surface area contributed by atoms with Gasteiger partial charge in [0.1, 0.15) is 0 Å². The van der Waals surface area contributed by atoms with E-state index in [1.807, 2.05) is 0 Å². The maximum absolute atomic E-state index is 6.12. The third kappa shape index (κ3) is 3.22. The molecule has 2 rings (SSSR count). The van der Waals surface area contributed by atoms with Crippen LogP contribution >= 0.6 is 0 Å². The third-order valence-electron chi connectivity index (χ3n) is 3.64. The van der Waals surface area contributed by atoms with E-state index in [1.54, 1.807) is 0 Å². The molecule has 1 atom stereocenters. The van der Waals surface area contributed by atoms with Gasteiger partial charge in [-0.05, 0) is 43.4 Å². The molecule has 0 aromatic heterocycles. The van der Waals surface area contributed by atoms with Gasteiger partial charge in [0.2, 0.25) is 0 Å². The Labute approximate surface area is 105 Å². The molecule has 17 heavy (non-hydrogen) atoms. The second-order valence-electron chi connectivity index (χ2n) is 5.03. The van der Waals surface area contributed by atoms with E-state index >= 15 is 0 Å². The lowest BCUT2D eigenvalue weighted by Gasteiger charge is -2.29. The highest BCUT2D eigenvalue weighted by molar-refractivity contribution is 5.48. The number of piperidine rings is 1. The van der Waals surface area contributed by atoms with Crippen LogP contribution in [-0.4, -0.2) is 13.1 Å². The first-order chi connectivity index (χ1) is 8.31. The summed E-state index contributed by atoms with van der Waals surface area (Å²) in [7, 11) is 0. The molecule has 1 aliphatic rings. The van der Waals surface area contributed by atoms with Gasteiger partial charge >= 0.3 is 0 Å². The van der Waals surface area contributed by atoms with Crippen LogP contribution in [0.1, 0.15) is 50.6 Å². The van der Waals surface area contributed by atoms with Crippen LogP contribution in [0.4, 0.5) is 5.69 Å². The van der Waals surface area contributed by atoms with Crippen molar-refractivity contribution < 1.29 is 0 Å². The smallest absolute Gasteiger partial charge is 0.0366 e. The fourth-order valence-electron chi connectivity index (χ4n) is 2.56. The molecule has 0 unspecified atom stereocenters. The SMILES string of the molecule is CCC[C@@H](N)c1ccc(N2CCCCC2)cc1. The largest absolute Gasteiger partial charge is 0.372 e. The highest BCUT2D eigenvalue weighted by Crippen LogP contribution is 2.23. The summed E-state index contributed by atoms with van der Waals surface area (Å²) in [5, 5.41) is 0. The van der Waals surface area contributed by atoms with Crippen molar-refractivity contribution in [3.05, 3.63) is 29.8 Å². The number of hydrogen-bond acceptors (Lipinski definition) is 2. The normalized spacial score (nSPS) is 18.1. The van der Waals surface area contributed by atoms with E-state index in [-0.39, 0.29) is 6.04 Å². The Hall–Kier alpha value is -1.02. The Balaban J connectivity index is 2.01. The van der Waals surface area contributed by atoms with Crippen molar-refractivity contribution >= 4 is 5.69 Å². The van der Waals surface area contributed by atoms with E-state index in [4.69, 9.17) is 5.73 Å². The summed E-state index contributed by atoms with van der Waals surface area (Å²) < 4.78 is 0. The fourth-order valence-corrected chi connectivity index (χ4v) is 2.56. The number of nitrogens with two attached hydrogens (primary N) is 1. The minimum atomic E-state index is 0.204. The van der Waals surface area contributed by atoms with Crippen molar-refractivity contribution in [1.29, 1.82) is 0 Å². The van der Waals surface area contributed by atoms with Crippen LogP contribution in [0, 0.1) is 0 Å². The highest BCUT2D eigenvalue weighted by Gasteiger charge is 2.11. The zero-order valence-corrected chi connectivity index (χ0v) is 10.9. The number of anilines is 1. The molecular formula is C15H24N2. The molecule has 1 aromatic carbocycles. The molecule has 0 bridgehead atoms. The van der Waals surface area contributed by atoms with Gasteiger partial charge in [0.05, 0.1) is 0 Å². The first kappa shape index (κ1) is 12.4. The van der Waals surface area contributed by atoms with Gasteiger partial charge in [0.15, 0.2) is 0 Å². The summed E-state index contributed by atoms with van der Waals surface area (Å²) in [6, 6.07) is 9.07. The molecule has 0 saturated carbocycles. The predicted octanol–water partition coefficient (Wildman–Crippen LogP) is 3.48. The van der Waals surface area contributed by atoms with Gasteiger partial charge in [-0.3, -0.25) is 0 Å². The minimum Gasteiger partial charge on any atom is -0.372 e. The lowest BCUT2D eigenvalue weighted by Crippen LogP contribution is -2.29. The van der Waals surface area contributed by atoms with E-state index in [2.05, 4.69) is 36.1 Å². The van der Waals surface area contributed by atoms with Gasteiger partial charge in [-0.15, -0.1) is 0 Å². The van der Waals surface area contributed by atoms with Gasteiger partial charge in [0.25, 0.3) is 0 Å². The molecule has 0 spiro atoms. The molecule has 1 heterocycles. The highest BCUT2D eigenvalue weighted by atomic mass is 15.1. The van der Waals surface area contributed by atoms with Crippen LogP contribution < -0.4 is 10.6 Å². The minimum absolute atomic E-state index is 0.204. The van der Waals surface area contributed by atoms with Gasteiger partial charge in [0, 0.05) is 24.8 Å². The van der Waals surface area contributed by atoms with E-state index in [9.17, 15) is 0 Å². The maximum atomic E-state index is 6.12. The summed E-state index contributed by atoms with van der Waals surface area (Å²) in [6.45, 7) is 4.60.